The average molecular weight is 615 g/mol. The Morgan fingerprint density at radius 3 is 2.13 bits per heavy atom. The molecule has 2 N–H and O–H groups in total. The molecular formula is C35H24F2N6O3. The van der Waals surface area contributed by atoms with E-state index in [2.05, 4.69) is 22.1 Å². The van der Waals surface area contributed by atoms with E-state index < -0.39 is 5.97 Å². The number of carbonyl (C=O) groups is 1. The largest absolute Gasteiger partial charge is 0.465 e. The minimum atomic E-state index is -0.510. The summed E-state index contributed by atoms with van der Waals surface area (Å²) in [6, 6.07) is 24.5. The van der Waals surface area contributed by atoms with E-state index in [-0.39, 0.29) is 17.1 Å². The molecule has 7 rings (SSSR count). The SMILES string of the molecule is COC(=O)c1c(N(C)c2cccc(F)c2)[nH]c2cc(C#N)ccc12.Cn1c2cc(F)ccc2c(=O)c2c3ccc(C#N)cc3[nH]c21. The van der Waals surface area contributed by atoms with Crippen molar-refractivity contribution in [3.8, 4) is 12.1 Å². The number of anilines is 2. The second-order valence-electron chi connectivity index (χ2n) is 10.5. The van der Waals surface area contributed by atoms with Crippen LogP contribution in [0.5, 0.6) is 0 Å². The standard InChI is InChI=1S/C18H14FN3O2.C17H10FN3O/c1-22(13-5-3-4-12(19)9-13)17-16(18(23)24-2)14-7-6-11(10-20)8-15(14)21-17;1-21-14-7-10(18)3-5-12(14)16(22)15-11-4-2-9(8-19)6-13(11)20-17(15)21/h3-9,21H,1-2H3;2-7,20H,1H3. The molecule has 0 bridgehead atoms. The molecule has 0 atom stereocenters. The Kier molecular flexibility index (Phi) is 7.44. The van der Waals surface area contributed by atoms with Gasteiger partial charge in [0, 0.05) is 47.0 Å². The number of nitrogens with one attached hydrogen (secondary N) is 2. The highest BCUT2D eigenvalue weighted by Gasteiger charge is 2.23. The lowest BCUT2D eigenvalue weighted by atomic mass is 10.1. The molecule has 0 saturated carbocycles. The summed E-state index contributed by atoms with van der Waals surface area (Å²) in [6.45, 7) is 0. The number of aryl methyl sites for hydroxylation is 1. The molecule has 9 nitrogen and oxygen atoms in total. The fourth-order valence-corrected chi connectivity index (χ4v) is 5.59. The molecule has 0 unspecified atom stereocenters. The number of fused-ring (bicyclic) bond motifs is 5. The summed E-state index contributed by atoms with van der Waals surface area (Å²) in [5.41, 5.74) is 4.27. The van der Waals surface area contributed by atoms with Crippen molar-refractivity contribution in [1.82, 2.24) is 14.5 Å². The molecule has 0 radical (unpaired) electrons. The highest BCUT2D eigenvalue weighted by molar-refractivity contribution is 6.11. The van der Waals surface area contributed by atoms with Gasteiger partial charge in [-0.2, -0.15) is 10.5 Å². The lowest BCUT2D eigenvalue weighted by Gasteiger charge is -2.19. The molecule has 0 aliphatic heterocycles. The first kappa shape index (κ1) is 29.6. The first-order valence-electron chi connectivity index (χ1n) is 13.9. The van der Waals surface area contributed by atoms with Crippen molar-refractivity contribution in [2.24, 2.45) is 7.05 Å². The predicted molar refractivity (Wildman–Crippen MR) is 172 cm³/mol. The van der Waals surface area contributed by atoms with E-state index in [1.54, 1.807) is 72.1 Å². The number of nitriles is 2. The van der Waals surface area contributed by atoms with Crippen molar-refractivity contribution in [3.63, 3.8) is 0 Å². The van der Waals surface area contributed by atoms with Crippen LogP contribution in [-0.2, 0) is 11.8 Å². The van der Waals surface area contributed by atoms with Gasteiger partial charge >= 0.3 is 5.97 Å². The first-order valence-corrected chi connectivity index (χ1v) is 13.9. The molecule has 0 amide bonds. The predicted octanol–water partition coefficient (Wildman–Crippen LogP) is 6.92. The van der Waals surface area contributed by atoms with E-state index in [9.17, 15) is 18.4 Å². The van der Waals surface area contributed by atoms with Gasteiger partial charge in [-0.05, 0) is 60.7 Å². The van der Waals surface area contributed by atoms with Gasteiger partial charge in [0.2, 0.25) is 0 Å². The molecule has 4 aromatic carbocycles. The number of benzene rings is 4. The number of carbonyl (C=O) groups excluding carboxylic acids is 1. The van der Waals surface area contributed by atoms with Crippen molar-refractivity contribution in [2.45, 2.75) is 0 Å². The van der Waals surface area contributed by atoms with Crippen LogP contribution in [0.1, 0.15) is 21.5 Å². The minimum absolute atomic E-state index is 0.140. The van der Waals surface area contributed by atoms with Crippen molar-refractivity contribution in [3.05, 3.63) is 117 Å². The molecule has 0 fully saturated rings. The summed E-state index contributed by atoms with van der Waals surface area (Å²) >= 11 is 0. The van der Waals surface area contributed by atoms with Crippen LogP contribution < -0.4 is 10.3 Å². The Bertz CT molecular complexity index is 2500. The number of ether oxygens (including phenoxy) is 1. The van der Waals surface area contributed by atoms with Crippen LogP contribution in [0.3, 0.4) is 0 Å². The molecule has 0 aliphatic rings. The van der Waals surface area contributed by atoms with Crippen LogP contribution in [-0.4, -0.2) is 34.7 Å². The van der Waals surface area contributed by atoms with E-state index in [1.165, 1.54) is 37.4 Å². The second-order valence-corrected chi connectivity index (χ2v) is 10.5. The Morgan fingerprint density at radius 2 is 1.48 bits per heavy atom. The summed E-state index contributed by atoms with van der Waals surface area (Å²) < 4.78 is 33.6. The van der Waals surface area contributed by atoms with Crippen LogP contribution in [0.15, 0.2) is 83.7 Å². The van der Waals surface area contributed by atoms with Gasteiger partial charge in [-0.25, -0.2) is 13.6 Å². The minimum Gasteiger partial charge on any atom is -0.465 e. The number of hydrogen-bond donors (Lipinski definition) is 2. The fraction of sp³-hybridized carbons (Fsp3) is 0.0857. The van der Waals surface area contributed by atoms with Crippen molar-refractivity contribution >= 4 is 61.2 Å². The smallest absolute Gasteiger partial charge is 0.342 e. The molecule has 0 saturated heterocycles. The lowest BCUT2D eigenvalue weighted by molar-refractivity contribution is 0.0604. The molecule has 3 aromatic heterocycles. The molecule has 11 heteroatoms. The van der Waals surface area contributed by atoms with Gasteiger partial charge < -0.3 is 24.2 Å². The van der Waals surface area contributed by atoms with Gasteiger partial charge in [0.05, 0.1) is 41.3 Å². The zero-order valence-corrected chi connectivity index (χ0v) is 24.8. The van der Waals surface area contributed by atoms with Crippen LogP contribution in [0.2, 0.25) is 0 Å². The molecule has 0 spiro atoms. The quantitative estimate of drug-likeness (QED) is 0.208. The summed E-state index contributed by atoms with van der Waals surface area (Å²) in [7, 11) is 4.80. The first-order chi connectivity index (χ1) is 22.1. The number of nitrogens with zero attached hydrogens (tertiary/aromatic N) is 4. The van der Waals surface area contributed by atoms with E-state index >= 15 is 0 Å². The number of pyridine rings is 1. The van der Waals surface area contributed by atoms with Crippen LogP contribution in [0.25, 0.3) is 43.7 Å². The molecule has 7 aromatic rings. The maximum absolute atomic E-state index is 13.5. The van der Waals surface area contributed by atoms with Gasteiger partial charge in [-0.15, -0.1) is 0 Å². The van der Waals surface area contributed by atoms with Gasteiger partial charge in [-0.3, -0.25) is 4.79 Å². The number of esters is 1. The van der Waals surface area contributed by atoms with Crippen LogP contribution >= 0.6 is 0 Å². The third-order valence-corrected chi connectivity index (χ3v) is 7.86. The third-order valence-electron chi connectivity index (χ3n) is 7.86. The molecule has 0 aliphatic carbocycles. The monoisotopic (exact) mass is 614 g/mol. The van der Waals surface area contributed by atoms with Gasteiger partial charge in [0.15, 0.2) is 5.43 Å². The van der Waals surface area contributed by atoms with Crippen molar-refractivity contribution in [2.75, 3.05) is 19.1 Å². The maximum atomic E-state index is 13.5. The number of aromatic nitrogens is 3. The number of methoxy groups -OCH3 is 1. The number of halogens is 2. The fourth-order valence-electron chi connectivity index (χ4n) is 5.59. The summed E-state index contributed by atoms with van der Waals surface area (Å²) in [6.07, 6.45) is 0. The van der Waals surface area contributed by atoms with E-state index in [4.69, 9.17) is 15.3 Å². The molecule has 46 heavy (non-hydrogen) atoms. The molecule has 3 heterocycles. The molecule has 226 valence electrons. The van der Waals surface area contributed by atoms with Gasteiger partial charge in [0.1, 0.15) is 28.7 Å². The van der Waals surface area contributed by atoms with Gasteiger partial charge in [0.25, 0.3) is 0 Å². The lowest BCUT2D eigenvalue weighted by Crippen LogP contribution is -2.14. The number of H-pyrrole nitrogens is 2. The Morgan fingerprint density at radius 1 is 0.848 bits per heavy atom. The zero-order chi connectivity index (χ0) is 32.7. The van der Waals surface area contributed by atoms with Crippen molar-refractivity contribution < 1.29 is 18.3 Å². The number of aromatic amines is 2. The zero-order valence-electron chi connectivity index (χ0n) is 24.8. The van der Waals surface area contributed by atoms with Crippen LogP contribution in [0.4, 0.5) is 20.3 Å². The topological polar surface area (TPSA) is 131 Å². The van der Waals surface area contributed by atoms with Crippen molar-refractivity contribution in [1.29, 1.82) is 10.5 Å². The van der Waals surface area contributed by atoms with E-state index in [1.807, 2.05) is 0 Å². The highest BCUT2D eigenvalue weighted by atomic mass is 19.1. The summed E-state index contributed by atoms with van der Waals surface area (Å²) in [4.78, 5) is 33.0. The summed E-state index contributed by atoms with van der Waals surface area (Å²) in [5, 5.41) is 20.5. The highest BCUT2D eigenvalue weighted by Crippen LogP contribution is 2.34. The number of rotatable bonds is 3. The maximum Gasteiger partial charge on any atom is 0.342 e. The average Bonchev–Trinajstić information content (AvgIpc) is 3.65. The van der Waals surface area contributed by atoms with Crippen LogP contribution in [0, 0.1) is 34.3 Å². The van der Waals surface area contributed by atoms with Gasteiger partial charge in [-0.1, -0.05) is 18.2 Å². The normalized spacial score (nSPS) is 10.8. The second kappa shape index (κ2) is 11.6. The van der Waals surface area contributed by atoms with E-state index in [0.29, 0.717) is 61.0 Å². The third kappa shape index (κ3) is 4.96. The Labute approximate surface area is 260 Å². The van der Waals surface area contributed by atoms with E-state index in [0.717, 1.165) is 10.9 Å². The molecular weight excluding hydrogens is 590 g/mol. The Balaban J connectivity index is 0.000000162. The number of hydrogen-bond acceptors (Lipinski definition) is 6. The summed E-state index contributed by atoms with van der Waals surface area (Å²) in [5.74, 6) is -0.798. The Hall–Kier alpha value is -6.46.